The zero-order chi connectivity index (χ0) is 20.7. The van der Waals surface area contributed by atoms with Crippen molar-refractivity contribution in [1.82, 2.24) is 10.9 Å². The van der Waals surface area contributed by atoms with Gasteiger partial charge in [-0.2, -0.15) is 10.2 Å². The van der Waals surface area contributed by atoms with Crippen molar-refractivity contribution in [2.75, 3.05) is 38.0 Å². The number of carbonyl (C=O) groups excluding carboxylic acids is 1. The number of anilines is 2. The van der Waals surface area contributed by atoms with E-state index in [2.05, 4.69) is 21.1 Å². The summed E-state index contributed by atoms with van der Waals surface area (Å²) in [4.78, 5) is 15.6. The molecule has 0 aliphatic carbocycles. The van der Waals surface area contributed by atoms with Gasteiger partial charge in [0.25, 0.3) is 0 Å². The van der Waals surface area contributed by atoms with Crippen LogP contribution in [0.3, 0.4) is 0 Å². The quantitative estimate of drug-likeness (QED) is 0.551. The number of benzene rings is 2. The predicted octanol–water partition coefficient (Wildman–Crippen LogP) is 3.79. The first-order valence-corrected chi connectivity index (χ1v) is 9.09. The molecule has 0 radical (unpaired) electrons. The molecule has 7 nitrogen and oxygen atoms in total. The third-order valence-electron chi connectivity index (χ3n) is 3.74. The van der Waals surface area contributed by atoms with Gasteiger partial charge in [0.05, 0.1) is 22.5 Å². The molecule has 28 heavy (non-hydrogen) atoms. The Labute approximate surface area is 174 Å². The van der Waals surface area contributed by atoms with Crippen molar-refractivity contribution >= 4 is 53.0 Å². The Kier molecular flexibility index (Phi) is 7.66. The van der Waals surface area contributed by atoms with E-state index in [1.807, 2.05) is 74.4 Å². The topological polar surface area (TPSA) is 72.3 Å². The van der Waals surface area contributed by atoms with E-state index in [-0.39, 0.29) is 0 Å². The average molecular weight is 421 g/mol. The van der Waals surface area contributed by atoms with E-state index in [0.29, 0.717) is 21.2 Å². The van der Waals surface area contributed by atoms with Crippen molar-refractivity contribution < 1.29 is 4.79 Å². The van der Waals surface area contributed by atoms with Crippen molar-refractivity contribution in [3.05, 3.63) is 57.6 Å². The van der Waals surface area contributed by atoms with Crippen LogP contribution in [0.4, 0.5) is 16.2 Å². The molecule has 2 aromatic carbocycles. The van der Waals surface area contributed by atoms with Gasteiger partial charge >= 0.3 is 6.03 Å². The molecule has 9 heteroatoms. The molecular formula is C19H22Cl2N6O. The van der Waals surface area contributed by atoms with Crippen molar-refractivity contribution in [2.24, 2.45) is 10.2 Å². The van der Waals surface area contributed by atoms with Crippen molar-refractivity contribution in [1.29, 1.82) is 0 Å². The third kappa shape index (κ3) is 6.14. The van der Waals surface area contributed by atoms with E-state index < -0.39 is 6.03 Å². The van der Waals surface area contributed by atoms with Crippen LogP contribution in [0.5, 0.6) is 0 Å². The molecule has 2 aromatic rings. The van der Waals surface area contributed by atoms with E-state index >= 15 is 0 Å². The summed E-state index contributed by atoms with van der Waals surface area (Å²) in [6.07, 6.45) is 2.92. The zero-order valence-corrected chi connectivity index (χ0v) is 17.6. The van der Waals surface area contributed by atoms with Crippen LogP contribution in [0.2, 0.25) is 10.0 Å². The van der Waals surface area contributed by atoms with Gasteiger partial charge in [-0.1, -0.05) is 23.2 Å². The lowest BCUT2D eigenvalue weighted by molar-refractivity contribution is 0.242. The SMILES string of the molecule is CN(C)c1ccc(/C=N/NC(=O)N/N=C/c2ccc(N(C)C)cc2Cl)c(Cl)c1. The minimum Gasteiger partial charge on any atom is -0.378 e. The van der Waals surface area contributed by atoms with Gasteiger partial charge in [-0.25, -0.2) is 15.6 Å². The van der Waals surface area contributed by atoms with Gasteiger partial charge in [-0.3, -0.25) is 0 Å². The Bertz CT molecular complexity index is 824. The fourth-order valence-corrected chi connectivity index (χ4v) is 2.59. The van der Waals surface area contributed by atoms with Crippen LogP contribution < -0.4 is 20.7 Å². The summed E-state index contributed by atoms with van der Waals surface area (Å²) in [5, 5.41) is 8.79. The highest BCUT2D eigenvalue weighted by Gasteiger charge is 2.03. The lowest BCUT2D eigenvalue weighted by Gasteiger charge is -2.13. The van der Waals surface area contributed by atoms with Gasteiger partial charge < -0.3 is 9.80 Å². The lowest BCUT2D eigenvalue weighted by Crippen LogP contribution is -2.28. The third-order valence-corrected chi connectivity index (χ3v) is 4.39. The second-order valence-electron chi connectivity index (χ2n) is 6.27. The lowest BCUT2D eigenvalue weighted by atomic mass is 10.2. The van der Waals surface area contributed by atoms with Gasteiger partial charge in [0.1, 0.15) is 0 Å². The molecule has 0 bridgehead atoms. The Morgan fingerprint density at radius 3 is 1.54 bits per heavy atom. The molecule has 0 spiro atoms. The van der Waals surface area contributed by atoms with E-state index in [9.17, 15) is 4.79 Å². The summed E-state index contributed by atoms with van der Waals surface area (Å²) in [6, 6.07) is 10.5. The zero-order valence-electron chi connectivity index (χ0n) is 16.1. The molecule has 0 aliphatic rings. The van der Waals surface area contributed by atoms with Crippen molar-refractivity contribution in [3.63, 3.8) is 0 Å². The molecule has 0 atom stereocenters. The van der Waals surface area contributed by atoms with Crippen LogP contribution >= 0.6 is 23.2 Å². The van der Waals surface area contributed by atoms with Gasteiger partial charge in [-0.05, 0) is 36.4 Å². The first kappa shape index (κ1) is 21.5. The first-order valence-electron chi connectivity index (χ1n) is 8.34. The molecule has 0 heterocycles. The Balaban J connectivity index is 1.89. The minimum atomic E-state index is -0.588. The number of urea groups is 1. The van der Waals surface area contributed by atoms with Crippen LogP contribution in [0.1, 0.15) is 11.1 Å². The fourth-order valence-electron chi connectivity index (χ4n) is 2.14. The Hall–Kier alpha value is -2.77. The predicted molar refractivity (Wildman–Crippen MR) is 118 cm³/mol. The summed E-state index contributed by atoms with van der Waals surface area (Å²) >= 11 is 12.4. The highest BCUT2D eigenvalue weighted by molar-refractivity contribution is 6.33. The summed E-state index contributed by atoms with van der Waals surface area (Å²) in [5.74, 6) is 0. The summed E-state index contributed by atoms with van der Waals surface area (Å²) < 4.78 is 0. The molecule has 2 N–H and O–H groups in total. The van der Waals surface area contributed by atoms with Crippen LogP contribution in [0, 0.1) is 0 Å². The molecular weight excluding hydrogens is 399 g/mol. The van der Waals surface area contributed by atoms with E-state index in [4.69, 9.17) is 23.2 Å². The van der Waals surface area contributed by atoms with Crippen molar-refractivity contribution in [2.45, 2.75) is 0 Å². The number of halogens is 2. The minimum absolute atomic E-state index is 0.533. The molecule has 2 amide bonds. The smallest absolute Gasteiger partial charge is 0.355 e. The number of amides is 2. The van der Waals surface area contributed by atoms with E-state index in [1.54, 1.807) is 0 Å². The number of hydrazone groups is 2. The van der Waals surface area contributed by atoms with Gasteiger partial charge in [0.15, 0.2) is 0 Å². The van der Waals surface area contributed by atoms with E-state index in [1.165, 1.54) is 12.4 Å². The molecule has 0 aromatic heterocycles. The number of carbonyl (C=O) groups is 1. The molecule has 0 aliphatic heterocycles. The second-order valence-corrected chi connectivity index (χ2v) is 7.08. The first-order chi connectivity index (χ1) is 13.3. The highest BCUT2D eigenvalue weighted by Crippen LogP contribution is 2.22. The summed E-state index contributed by atoms with van der Waals surface area (Å²) in [5.41, 5.74) is 7.95. The largest absolute Gasteiger partial charge is 0.378 e. The number of nitrogens with zero attached hydrogens (tertiary/aromatic N) is 4. The maximum absolute atomic E-state index is 11.8. The number of hydrogen-bond acceptors (Lipinski definition) is 5. The van der Waals surface area contributed by atoms with Crippen LogP contribution in [-0.4, -0.2) is 46.7 Å². The molecule has 0 saturated carbocycles. The maximum Gasteiger partial charge on any atom is 0.355 e. The number of hydrogen-bond donors (Lipinski definition) is 2. The van der Waals surface area contributed by atoms with Gasteiger partial charge in [0, 0.05) is 50.7 Å². The number of nitrogens with one attached hydrogen (secondary N) is 2. The van der Waals surface area contributed by atoms with Gasteiger partial charge in [0.2, 0.25) is 0 Å². The molecule has 0 fully saturated rings. The summed E-state index contributed by atoms with van der Waals surface area (Å²) in [7, 11) is 7.70. The monoisotopic (exact) mass is 420 g/mol. The molecule has 148 valence electrons. The number of rotatable bonds is 6. The maximum atomic E-state index is 11.8. The van der Waals surface area contributed by atoms with Crippen molar-refractivity contribution in [3.8, 4) is 0 Å². The van der Waals surface area contributed by atoms with E-state index in [0.717, 1.165) is 11.4 Å². The summed E-state index contributed by atoms with van der Waals surface area (Å²) in [6.45, 7) is 0. The molecule has 0 saturated heterocycles. The van der Waals surface area contributed by atoms with Gasteiger partial charge in [-0.15, -0.1) is 0 Å². The second kappa shape index (κ2) is 9.96. The normalized spacial score (nSPS) is 11.1. The molecule has 2 rings (SSSR count). The Morgan fingerprint density at radius 1 is 0.821 bits per heavy atom. The standard InChI is InChI=1S/C19H22Cl2N6O/c1-26(2)15-7-5-13(17(20)9-15)11-22-24-19(28)25-23-12-14-6-8-16(27(3)4)10-18(14)21/h5-12H,1-4H3,(H2,24,25,28)/b22-11+,23-12+. The average Bonchev–Trinajstić information content (AvgIpc) is 2.64. The van der Waals surface area contributed by atoms with Crippen LogP contribution in [-0.2, 0) is 0 Å². The van der Waals surface area contributed by atoms with Crippen LogP contribution in [0.25, 0.3) is 0 Å². The highest BCUT2D eigenvalue weighted by atomic mass is 35.5. The molecule has 0 unspecified atom stereocenters. The Morgan fingerprint density at radius 2 is 1.21 bits per heavy atom. The fraction of sp³-hybridized carbons (Fsp3) is 0.211. The van der Waals surface area contributed by atoms with Crippen LogP contribution in [0.15, 0.2) is 46.6 Å².